The molecule has 1 aliphatic rings. The number of hydrogen-bond donors (Lipinski definition) is 2. The first-order chi connectivity index (χ1) is 15.5. The normalized spacial score (nSPS) is 12.5. The van der Waals surface area contributed by atoms with Crippen LogP contribution >= 0.6 is 0 Å². The van der Waals surface area contributed by atoms with Gasteiger partial charge < -0.3 is 15.5 Å². The summed E-state index contributed by atoms with van der Waals surface area (Å²) in [6.45, 7) is 0.672. The Kier molecular flexibility index (Phi) is 6.12. The summed E-state index contributed by atoms with van der Waals surface area (Å²) in [4.78, 5) is 38.5. The molecule has 0 aromatic heterocycles. The van der Waals surface area contributed by atoms with Crippen LogP contribution in [-0.2, 0) is 11.2 Å². The van der Waals surface area contributed by atoms with Crippen LogP contribution in [0.15, 0.2) is 78.9 Å². The van der Waals surface area contributed by atoms with Gasteiger partial charge >= 0.3 is 0 Å². The smallest absolute Gasteiger partial charge is 0.258 e. The van der Waals surface area contributed by atoms with E-state index in [1.54, 1.807) is 66.6 Å². The molecule has 1 heterocycles. The summed E-state index contributed by atoms with van der Waals surface area (Å²) in [5.74, 6) is -0.491. The molecular weight excluding hydrogens is 402 g/mol. The molecule has 3 aromatic rings. The Balaban J connectivity index is 1.36. The number of fused-ring (bicyclic) bond motifs is 1. The van der Waals surface area contributed by atoms with E-state index in [0.717, 1.165) is 17.7 Å². The number of hydrogen-bond acceptors (Lipinski definition) is 3. The highest BCUT2D eigenvalue weighted by molar-refractivity contribution is 6.08. The van der Waals surface area contributed by atoms with Gasteiger partial charge in [0.15, 0.2) is 0 Å². The number of benzene rings is 3. The van der Waals surface area contributed by atoms with Crippen molar-refractivity contribution in [2.75, 3.05) is 23.8 Å². The molecule has 3 amide bonds. The monoisotopic (exact) mass is 425 g/mol. The lowest BCUT2D eigenvalue weighted by molar-refractivity contribution is -0.111. The van der Waals surface area contributed by atoms with Gasteiger partial charge in [0.2, 0.25) is 5.91 Å². The summed E-state index contributed by atoms with van der Waals surface area (Å²) in [7, 11) is 1.58. The predicted molar refractivity (Wildman–Crippen MR) is 126 cm³/mol. The van der Waals surface area contributed by atoms with Crippen LogP contribution in [0.2, 0.25) is 0 Å². The minimum atomic E-state index is -0.284. The quantitative estimate of drug-likeness (QED) is 0.609. The highest BCUT2D eigenvalue weighted by Crippen LogP contribution is 2.29. The van der Waals surface area contributed by atoms with E-state index in [2.05, 4.69) is 10.6 Å². The van der Waals surface area contributed by atoms with Crippen LogP contribution in [0.25, 0.3) is 6.08 Å². The van der Waals surface area contributed by atoms with Gasteiger partial charge in [-0.2, -0.15) is 0 Å². The van der Waals surface area contributed by atoms with E-state index >= 15 is 0 Å². The molecule has 160 valence electrons. The van der Waals surface area contributed by atoms with Crippen molar-refractivity contribution in [3.63, 3.8) is 0 Å². The molecule has 0 atom stereocenters. The number of carbonyl (C=O) groups is 3. The molecule has 4 rings (SSSR count). The van der Waals surface area contributed by atoms with Gasteiger partial charge in [0.1, 0.15) is 0 Å². The topological polar surface area (TPSA) is 78.5 Å². The van der Waals surface area contributed by atoms with E-state index in [-0.39, 0.29) is 17.7 Å². The third kappa shape index (κ3) is 4.59. The largest absolute Gasteiger partial charge is 0.355 e. The van der Waals surface area contributed by atoms with Crippen molar-refractivity contribution in [3.05, 3.63) is 101 Å². The van der Waals surface area contributed by atoms with Gasteiger partial charge in [-0.25, -0.2) is 0 Å². The first-order valence-corrected chi connectivity index (χ1v) is 10.4. The van der Waals surface area contributed by atoms with Gasteiger partial charge in [-0.3, -0.25) is 14.4 Å². The molecule has 32 heavy (non-hydrogen) atoms. The third-order valence-corrected chi connectivity index (χ3v) is 5.36. The third-order valence-electron chi connectivity index (χ3n) is 5.36. The number of nitrogens with one attached hydrogen (secondary N) is 2. The summed E-state index contributed by atoms with van der Waals surface area (Å²) in [5.41, 5.74) is 4.68. The Morgan fingerprint density at radius 2 is 1.56 bits per heavy atom. The first kappa shape index (κ1) is 21.1. The van der Waals surface area contributed by atoms with E-state index in [0.29, 0.717) is 23.4 Å². The first-order valence-electron chi connectivity index (χ1n) is 10.4. The summed E-state index contributed by atoms with van der Waals surface area (Å²) in [6.07, 6.45) is 3.96. The maximum Gasteiger partial charge on any atom is 0.258 e. The number of amides is 3. The maximum atomic E-state index is 12.9. The summed E-state index contributed by atoms with van der Waals surface area (Å²) in [6, 6.07) is 21.8. The Morgan fingerprint density at radius 1 is 0.875 bits per heavy atom. The molecule has 0 radical (unpaired) electrons. The summed E-state index contributed by atoms with van der Waals surface area (Å²) in [5, 5.41) is 5.35. The molecular formula is C26H23N3O3. The van der Waals surface area contributed by atoms with Crippen LogP contribution in [0.4, 0.5) is 11.4 Å². The minimum Gasteiger partial charge on any atom is -0.355 e. The number of para-hydroxylation sites is 1. The standard InChI is InChI=1S/C26H23N3O3/c1-27-25(31)20-9-6-18(7-10-20)8-15-24(30)28-22-13-11-21(12-14-22)26(32)29-17-16-19-4-2-3-5-23(19)29/h2-15H,16-17H2,1H3,(H,27,31)(H,28,30)/b15-8+. The molecule has 0 unspecified atom stereocenters. The second-order valence-electron chi connectivity index (χ2n) is 7.44. The number of nitrogens with zero attached hydrogens (tertiary/aromatic N) is 1. The molecule has 0 bridgehead atoms. The van der Waals surface area contributed by atoms with Crippen LogP contribution in [-0.4, -0.2) is 31.3 Å². The Bertz CT molecular complexity index is 1180. The van der Waals surface area contributed by atoms with Crippen LogP contribution in [0.1, 0.15) is 31.8 Å². The van der Waals surface area contributed by atoms with E-state index in [1.165, 1.54) is 11.6 Å². The molecule has 6 heteroatoms. The molecule has 0 aliphatic carbocycles. The minimum absolute atomic E-state index is 0.0482. The number of carbonyl (C=O) groups excluding carboxylic acids is 3. The fraction of sp³-hybridized carbons (Fsp3) is 0.115. The Hall–Kier alpha value is -4.19. The molecule has 0 saturated carbocycles. The zero-order valence-corrected chi connectivity index (χ0v) is 17.7. The van der Waals surface area contributed by atoms with Gasteiger partial charge in [0.25, 0.3) is 11.8 Å². The number of anilines is 2. The van der Waals surface area contributed by atoms with Crippen LogP contribution in [0, 0.1) is 0 Å². The van der Waals surface area contributed by atoms with Crippen molar-refractivity contribution in [3.8, 4) is 0 Å². The zero-order valence-electron chi connectivity index (χ0n) is 17.7. The Labute approximate surface area is 186 Å². The van der Waals surface area contributed by atoms with Gasteiger partial charge in [-0.1, -0.05) is 30.3 Å². The van der Waals surface area contributed by atoms with Crippen LogP contribution in [0.5, 0.6) is 0 Å². The van der Waals surface area contributed by atoms with Gasteiger partial charge in [-0.05, 0) is 66.1 Å². The number of rotatable bonds is 5. The molecule has 3 aromatic carbocycles. The van der Waals surface area contributed by atoms with Crippen LogP contribution in [0.3, 0.4) is 0 Å². The van der Waals surface area contributed by atoms with E-state index in [1.807, 2.05) is 24.3 Å². The second kappa shape index (κ2) is 9.31. The molecule has 1 aliphatic heterocycles. The lowest BCUT2D eigenvalue weighted by Gasteiger charge is -2.17. The molecule has 0 saturated heterocycles. The Morgan fingerprint density at radius 3 is 2.28 bits per heavy atom. The lowest BCUT2D eigenvalue weighted by atomic mass is 10.1. The van der Waals surface area contributed by atoms with Gasteiger partial charge in [0.05, 0.1) is 0 Å². The maximum absolute atomic E-state index is 12.9. The van der Waals surface area contributed by atoms with Crippen molar-refractivity contribution < 1.29 is 14.4 Å². The highest BCUT2D eigenvalue weighted by Gasteiger charge is 2.24. The zero-order chi connectivity index (χ0) is 22.5. The van der Waals surface area contributed by atoms with E-state index in [4.69, 9.17) is 0 Å². The van der Waals surface area contributed by atoms with Crippen molar-refractivity contribution >= 4 is 35.2 Å². The van der Waals surface area contributed by atoms with Crippen molar-refractivity contribution in [1.29, 1.82) is 0 Å². The summed E-state index contributed by atoms with van der Waals surface area (Å²) >= 11 is 0. The average Bonchev–Trinajstić information content (AvgIpc) is 3.27. The second-order valence-corrected chi connectivity index (χ2v) is 7.44. The molecule has 0 spiro atoms. The fourth-order valence-corrected chi connectivity index (χ4v) is 3.65. The van der Waals surface area contributed by atoms with Crippen molar-refractivity contribution in [2.24, 2.45) is 0 Å². The molecule has 0 fully saturated rings. The molecule has 6 nitrogen and oxygen atoms in total. The lowest BCUT2D eigenvalue weighted by Crippen LogP contribution is -2.28. The highest BCUT2D eigenvalue weighted by atomic mass is 16.2. The van der Waals surface area contributed by atoms with E-state index in [9.17, 15) is 14.4 Å². The summed E-state index contributed by atoms with van der Waals surface area (Å²) < 4.78 is 0. The fourth-order valence-electron chi connectivity index (χ4n) is 3.65. The van der Waals surface area contributed by atoms with Crippen molar-refractivity contribution in [1.82, 2.24) is 5.32 Å². The van der Waals surface area contributed by atoms with Crippen molar-refractivity contribution in [2.45, 2.75) is 6.42 Å². The average molecular weight is 425 g/mol. The SMILES string of the molecule is CNC(=O)c1ccc(/C=C/C(=O)Nc2ccc(C(=O)N3CCc4ccccc43)cc2)cc1. The van der Waals surface area contributed by atoms with E-state index < -0.39 is 0 Å². The van der Waals surface area contributed by atoms with Gasteiger partial charge in [-0.15, -0.1) is 0 Å². The van der Waals surface area contributed by atoms with Gasteiger partial charge in [0, 0.05) is 42.2 Å². The molecule has 2 N–H and O–H groups in total. The predicted octanol–water partition coefficient (Wildman–Crippen LogP) is 3.90. The van der Waals surface area contributed by atoms with Crippen LogP contribution < -0.4 is 15.5 Å².